The minimum atomic E-state index is -0.461. The second-order valence-electron chi connectivity index (χ2n) is 5.39. The van der Waals surface area contributed by atoms with E-state index in [1.807, 2.05) is 29.1 Å². The first-order valence-corrected chi connectivity index (χ1v) is 7.50. The number of hydrogen-bond acceptors (Lipinski definition) is 1. The maximum absolute atomic E-state index is 10.3. The third-order valence-electron chi connectivity index (χ3n) is 3.80. The predicted octanol–water partition coefficient (Wildman–Crippen LogP) is 3.27. The number of fused-ring (bicyclic) bond motifs is 1. The average Bonchev–Trinajstić information content (AvgIpc) is 2.88. The fourth-order valence-electron chi connectivity index (χ4n) is 2.74. The van der Waals surface area contributed by atoms with E-state index in [4.69, 9.17) is 0 Å². The van der Waals surface area contributed by atoms with Crippen LogP contribution in [-0.4, -0.2) is 9.67 Å². The van der Waals surface area contributed by atoms with Crippen LogP contribution < -0.4 is 4.57 Å². The highest BCUT2D eigenvalue weighted by molar-refractivity contribution is 5.71. The molecule has 0 saturated heterocycles. The van der Waals surface area contributed by atoms with Gasteiger partial charge in [-0.2, -0.15) is 0 Å². The van der Waals surface area contributed by atoms with Gasteiger partial charge >= 0.3 is 0 Å². The summed E-state index contributed by atoms with van der Waals surface area (Å²) in [5, 5.41) is 10.3. The van der Waals surface area contributed by atoms with Crippen LogP contribution >= 0.6 is 0 Å². The molecule has 3 rings (SSSR count). The van der Waals surface area contributed by atoms with Gasteiger partial charge in [0, 0.05) is 6.42 Å². The Labute approximate surface area is 125 Å². The number of aliphatic hydroxyl groups excluding tert-OH is 1. The van der Waals surface area contributed by atoms with Gasteiger partial charge in [-0.05, 0) is 24.1 Å². The van der Waals surface area contributed by atoms with Crippen molar-refractivity contribution in [1.29, 1.82) is 0 Å². The maximum atomic E-state index is 10.3. The zero-order valence-corrected chi connectivity index (χ0v) is 12.3. The van der Waals surface area contributed by atoms with Crippen LogP contribution in [0.15, 0.2) is 60.9 Å². The summed E-state index contributed by atoms with van der Waals surface area (Å²) in [7, 11) is 0. The topological polar surface area (TPSA) is 29.0 Å². The van der Waals surface area contributed by atoms with E-state index in [9.17, 15) is 5.11 Å². The monoisotopic (exact) mass is 281 g/mol. The van der Waals surface area contributed by atoms with Crippen LogP contribution in [0.2, 0.25) is 0 Å². The molecule has 1 aromatic heterocycles. The van der Waals surface area contributed by atoms with E-state index in [2.05, 4.69) is 47.9 Å². The quantitative estimate of drug-likeness (QED) is 0.715. The Balaban J connectivity index is 2.03. The van der Waals surface area contributed by atoms with E-state index in [1.165, 1.54) is 5.56 Å². The Morgan fingerprint density at radius 2 is 1.76 bits per heavy atom. The van der Waals surface area contributed by atoms with E-state index >= 15 is 0 Å². The van der Waals surface area contributed by atoms with Crippen molar-refractivity contribution in [3.63, 3.8) is 0 Å². The fraction of sp³-hybridized carbons (Fsp3) is 0.278. The summed E-state index contributed by atoms with van der Waals surface area (Å²) in [5.41, 5.74) is 3.49. The third kappa shape index (κ3) is 2.83. The molecule has 0 amide bonds. The maximum Gasteiger partial charge on any atom is 0.247 e. The molecule has 3 aromatic rings. The average molecular weight is 281 g/mol. The molecule has 108 valence electrons. The largest absolute Gasteiger partial charge is 0.355 e. The Morgan fingerprint density at radius 1 is 1.05 bits per heavy atom. The number of rotatable bonds is 5. The van der Waals surface area contributed by atoms with E-state index in [-0.39, 0.29) is 0 Å². The van der Waals surface area contributed by atoms with Crippen molar-refractivity contribution < 1.29 is 9.67 Å². The summed E-state index contributed by atoms with van der Waals surface area (Å²) in [6.07, 6.45) is 3.30. The van der Waals surface area contributed by atoms with Gasteiger partial charge in [0.15, 0.2) is 17.3 Å². The minimum Gasteiger partial charge on any atom is -0.355 e. The van der Waals surface area contributed by atoms with Crippen LogP contribution in [0, 0.1) is 0 Å². The molecule has 21 heavy (non-hydrogen) atoms. The summed E-state index contributed by atoms with van der Waals surface area (Å²) in [5.74, 6) is 0. The van der Waals surface area contributed by atoms with Gasteiger partial charge < -0.3 is 5.11 Å². The van der Waals surface area contributed by atoms with Crippen LogP contribution in [0.5, 0.6) is 0 Å². The number of para-hydroxylation sites is 2. The molecule has 0 radical (unpaired) electrons. The molecule has 2 aromatic carbocycles. The first-order valence-electron chi connectivity index (χ1n) is 7.50. The molecule has 1 unspecified atom stereocenters. The van der Waals surface area contributed by atoms with E-state index in [1.54, 1.807) is 0 Å². The van der Waals surface area contributed by atoms with E-state index in [0.717, 1.165) is 30.4 Å². The number of hydrogen-bond donors (Lipinski definition) is 1. The zero-order chi connectivity index (χ0) is 14.7. The molecule has 0 aliphatic heterocycles. The van der Waals surface area contributed by atoms with Crippen LogP contribution in [0.4, 0.5) is 0 Å². The first-order chi connectivity index (χ1) is 10.3. The van der Waals surface area contributed by atoms with Gasteiger partial charge in [-0.25, -0.2) is 9.13 Å². The van der Waals surface area contributed by atoms with E-state index < -0.39 is 6.23 Å². The fourth-order valence-corrected chi connectivity index (χ4v) is 2.74. The van der Waals surface area contributed by atoms with Crippen molar-refractivity contribution in [2.75, 3.05) is 0 Å². The lowest BCUT2D eigenvalue weighted by Crippen LogP contribution is -2.33. The smallest absolute Gasteiger partial charge is 0.247 e. The standard InChI is InChI=1S/C18H21N2O/c1-2-8-18(21)20-14-19(13-15-9-4-3-5-10-15)16-11-6-7-12-17(16)20/h3-7,9-12,14,18,21H,2,8,13H2,1H3/q+1. The second kappa shape index (κ2) is 6.10. The normalized spacial score (nSPS) is 12.7. The molecular weight excluding hydrogens is 260 g/mol. The molecule has 0 bridgehead atoms. The van der Waals surface area contributed by atoms with Gasteiger partial charge in [0.1, 0.15) is 6.54 Å². The van der Waals surface area contributed by atoms with Crippen molar-refractivity contribution in [3.05, 3.63) is 66.5 Å². The molecule has 0 saturated carbocycles. The molecule has 1 heterocycles. The molecule has 3 heteroatoms. The van der Waals surface area contributed by atoms with Crippen molar-refractivity contribution in [2.24, 2.45) is 0 Å². The number of aromatic nitrogens is 2. The Morgan fingerprint density at radius 3 is 2.52 bits per heavy atom. The van der Waals surface area contributed by atoms with Crippen molar-refractivity contribution >= 4 is 11.0 Å². The van der Waals surface area contributed by atoms with Crippen molar-refractivity contribution in [3.8, 4) is 0 Å². The lowest BCUT2D eigenvalue weighted by atomic mass is 10.2. The van der Waals surface area contributed by atoms with Gasteiger partial charge in [0.05, 0.1) is 0 Å². The predicted molar refractivity (Wildman–Crippen MR) is 83.8 cm³/mol. The molecule has 3 nitrogen and oxygen atoms in total. The lowest BCUT2D eigenvalue weighted by Gasteiger charge is -2.05. The van der Waals surface area contributed by atoms with Crippen LogP contribution in [0.1, 0.15) is 31.6 Å². The molecule has 0 fully saturated rings. The third-order valence-corrected chi connectivity index (χ3v) is 3.80. The summed E-state index contributed by atoms with van der Waals surface area (Å²) >= 11 is 0. The second-order valence-corrected chi connectivity index (χ2v) is 5.39. The number of nitrogens with zero attached hydrogens (tertiary/aromatic N) is 2. The van der Waals surface area contributed by atoms with Crippen LogP contribution in [0.25, 0.3) is 11.0 Å². The SMILES string of the molecule is CCCC(O)n1c[n+](Cc2ccccc2)c2ccccc21. The van der Waals surface area contributed by atoms with Crippen molar-refractivity contribution in [1.82, 2.24) is 4.57 Å². The van der Waals surface area contributed by atoms with E-state index in [0.29, 0.717) is 0 Å². The molecule has 1 N–H and O–H groups in total. The van der Waals surface area contributed by atoms with Crippen molar-refractivity contribution in [2.45, 2.75) is 32.5 Å². The minimum absolute atomic E-state index is 0.461. The molecule has 0 aliphatic carbocycles. The van der Waals surface area contributed by atoms with Gasteiger partial charge in [0.25, 0.3) is 0 Å². The van der Waals surface area contributed by atoms with Crippen LogP contribution in [-0.2, 0) is 6.54 Å². The Hall–Kier alpha value is -2.13. The van der Waals surface area contributed by atoms with Gasteiger partial charge in [-0.1, -0.05) is 49.4 Å². The first kappa shape index (κ1) is 13.8. The molecule has 0 spiro atoms. The number of imidazole rings is 1. The Bertz CT molecular complexity index is 718. The summed E-state index contributed by atoms with van der Waals surface area (Å²) < 4.78 is 4.17. The van der Waals surface area contributed by atoms with Gasteiger partial charge in [-0.3, -0.25) is 0 Å². The lowest BCUT2D eigenvalue weighted by molar-refractivity contribution is -0.663. The van der Waals surface area contributed by atoms with Gasteiger partial charge in [0.2, 0.25) is 6.33 Å². The van der Waals surface area contributed by atoms with Gasteiger partial charge in [-0.15, -0.1) is 0 Å². The summed E-state index contributed by atoms with van der Waals surface area (Å²) in [4.78, 5) is 0. The summed E-state index contributed by atoms with van der Waals surface area (Å²) in [6.45, 7) is 2.90. The summed E-state index contributed by atoms with van der Waals surface area (Å²) in [6, 6.07) is 18.6. The highest BCUT2D eigenvalue weighted by Crippen LogP contribution is 2.18. The molecular formula is C18H21N2O+. The molecule has 1 atom stereocenters. The number of benzene rings is 2. The Kier molecular flexibility index (Phi) is 4.02. The van der Waals surface area contributed by atoms with Crippen LogP contribution in [0.3, 0.4) is 0 Å². The highest BCUT2D eigenvalue weighted by Gasteiger charge is 2.20. The zero-order valence-electron chi connectivity index (χ0n) is 12.3. The molecule has 0 aliphatic rings. The highest BCUT2D eigenvalue weighted by atomic mass is 16.3. The number of aliphatic hydroxyl groups is 1.